The maximum absolute atomic E-state index is 12.8. The lowest BCUT2D eigenvalue weighted by molar-refractivity contribution is -0.139. The number of nitrogens with one attached hydrogen (secondary N) is 2. The van der Waals surface area contributed by atoms with E-state index in [4.69, 9.17) is 9.47 Å². The topological polar surface area (TPSA) is 76.7 Å². The molecule has 206 valence electrons. The zero-order chi connectivity index (χ0) is 26.9. The molecule has 0 saturated carbocycles. The Balaban J connectivity index is 1.98. The molecule has 2 N–H and O–H groups in total. The summed E-state index contributed by atoms with van der Waals surface area (Å²) in [5, 5.41) is 5.64. The van der Waals surface area contributed by atoms with Gasteiger partial charge in [-0.2, -0.15) is 0 Å². The summed E-state index contributed by atoms with van der Waals surface area (Å²) in [5.41, 5.74) is 2.94. The van der Waals surface area contributed by atoms with Crippen molar-refractivity contribution in [1.29, 1.82) is 0 Å². The van der Waals surface area contributed by atoms with E-state index in [1.165, 1.54) is 44.9 Å². The highest BCUT2D eigenvalue weighted by Crippen LogP contribution is 2.31. The minimum Gasteiger partial charge on any atom is -0.463 e. The van der Waals surface area contributed by atoms with Crippen LogP contribution in [0.1, 0.15) is 109 Å². The quantitative estimate of drug-likeness (QED) is 0.123. The average Bonchev–Trinajstić information content (AvgIpc) is 2.87. The number of allylic oxidation sites excluding steroid dienone is 3. The monoisotopic (exact) mass is 512 g/mol. The summed E-state index contributed by atoms with van der Waals surface area (Å²) in [6.07, 6.45) is 17.7. The first-order valence-electron chi connectivity index (χ1n) is 14.3. The molecule has 1 aromatic rings. The van der Waals surface area contributed by atoms with Gasteiger partial charge in [0, 0.05) is 12.3 Å². The van der Waals surface area contributed by atoms with E-state index in [0.29, 0.717) is 17.9 Å². The molecule has 37 heavy (non-hydrogen) atoms. The largest absolute Gasteiger partial charge is 0.463 e. The number of rotatable bonds is 18. The Kier molecular flexibility index (Phi) is 14.7. The van der Waals surface area contributed by atoms with Crippen LogP contribution >= 0.6 is 0 Å². The van der Waals surface area contributed by atoms with Crippen molar-refractivity contribution in [2.75, 3.05) is 13.2 Å². The van der Waals surface area contributed by atoms with Crippen molar-refractivity contribution in [2.24, 2.45) is 0 Å². The number of amides is 2. The fraction of sp³-hybridized carbons (Fsp3) is 0.613. The van der Waals surface area contributed by atoms with Gasteiger partial charge in [0.25, 0.3) is 0 Å². The Bertz CT molecular complexity index is 893. The van der Waals surface area contributed by atoms with Gasteiger partial charge in [0.2, 0.25) is 0 Å². The molecule has 1 aliphatic heterocycles. The molecule has 0 bridgehead atoms. The average molecular weight is 513 g/mol. The van der Waals surface area contributed by atoms with Crippen LogP contribution in [-0.2, 0) is 20.7 Å². The summed E-state index contributed by atoms with van der Waals surface area (Å²) < 4.78 is 11.4. The number of benzene rings is 1. The molecule has 2 amide bonds. The summed E-state index contributed by atoms with van der Waals surface area (Å²) >= 11 is 0. The number of urea groups is 1. The van der Waals surface area contributed by atoms with Gasteiger partial charge < -0.3 is 20.1 Å². The predicted octanol–water partition coefficient (Wildman–Crippen LogP) is 7.30. The minimum atomic E-state index is -0.559. The molecule has 2 unspecified atom stereocenters. The maximum Gasteiger partial charge on any atom is 0.338 e. The van der Waals surface area contributed by atoms with E-state index in [0.717, 1.165) is 36.8 Å². The molecule has 2 rings (SSSR count). The fourth-order valence-corrected chi connectivity index (χ4v) is 4.88. The second kappa shape index (κ2) is 17.8. The predicted molar refractivity (Wildman–Crippen MR) is 150 cm³/mol. The van der Waals surface area contributed by atoms with Gasteiger partial charge in [-0.25, -0.2) is 9.59 Å². The second-order valence-corrected chi connectivity index (χ2v) is 9.73. The van der Waals surface area contributed by atoms with E-state index in [1.807, 2.05) is 25.1 Å². The van der Waals surface area contributed by atoms with Gasteiger partial charge in [0.05, 0.1) is 24.3 Å². The number of unbranched alkanes of at least 4 members (excludes halogenated alkanes) is 7. The number of hydrogen-bond donors (Lipinski definition) is 2. The van der Waals surface area contributed by atoms with Crippen LogP contribution in [0.15, 0.2) is 47.7 Å². The second-order valence-electron chi connectivity index (χ2n) is 9.73. The van der Waals surface area contributed by atoms with Gasteiger partial charge in [0.15, 0.2) is 0 Å². The molecular formula is C31H48N2O4. The molecule has 0 fully saturated rings. The maximum atomic E-state index is 12.8. The van der Waals surface area contributed by atoms with Crippen LogP contribution in [0.3, 0.4) is 0 Å². The third-order valence-electron chi connectivity index (χ3n) is 6.77. The van der Waals surface area contributed by atoms with Crippen molar-refractivity contribution in [2.45, 2.75) is 110 Å². The van der Waals surface area contributed by atoms with Crippen LogP contribution in [-0.4, -0.2) is 31.3 Å². The molecule has 1 aromatic carbocycles. The summed E-state index contributed by atoms with van der Waals surface area (Å²) in [5.74, 6) is -0.415. The Morgan fingerprint density at radius 1 is 0.973 bits per heavy atom. The van der Waals surface area contributed by atoms with Gasteiger partial charge in [-0.3, -0.25) is 0 Å². The highest BCUT2D eigenvalue weighted by atomic mass is 16.5. The minimum absolute atomic E-state index is 0.0756. The zero-order valence-corrected chi connectivity index (χ0v) is 23.4. The van der Waals surface area contributed by atoms with Crippen molar-refractivity contribution in [1.82, 2.24) is 10.6 Å². The van der Waals surface area contributed by atoms with Crippen molar-refractivity contribution in [3.05, 3.63) is 58.8 Å². The van der Waals surface area contributed by atoms with Crippen molar-refractivity contribution in [3.63, 3.8) is 0 Å². The molecular weight excluding hydrogens is 464 g/mol. The van der Waals surface area contributed by atoms with Gasteiger partial charge in [0.1, 0.15) is 0 Å². The molecule has 6 heteroatoms. The summed E-state index contributed by atoms with van der Waals surface area (Å²) in [6.45, 7) is 8.73. The summed E-state index contributed by atoms with van der Waals surface area (Å²) in [7, 11) is 0. The highest BCUT2D eigenvalue weighted by molar-refractivity contribution is 5.95. The molecule has 0 aromatic heterocycles. The zero-order valence-electron chi connectivity index (χ0n) is 23.4. The number of carbonyl (C=O) groups is 2. The number of esters is 1. The molecule has 0 spiro atoms. The lowest BCUT2D eigenvalue weighted by Gasteiger charge is -2.30. The van der Waals surface area contributed by atoms with Crippen LogP contribution in [0.4, 0.5) is 4.79 Å². The van der Waals surface area contributed by atoms with Crippen molar-refractivity contribution >= 4 is 12.0 Å². The standard InChI is InChI=1S/C31H48N2O4/c1-5-8-9-10-11-12-13-14-15-16-17-21-26(36-6-2)23-25-20-18-19-22-27(25)29-28(30(34)37-7-3)24(4)32-31(35)33-29/h14-15,18-20,22,26,29H,5-13,16-17,21,23H2,1-4H3,(H2,32,33,35). The number of ether oxygens (including phenoxy) is 2. The molecule has 2 atom stereocenters. The highest BCUT2D eigenvalue weighted by Gasteiger charge is 2.33. The van der Waals surface area contributed by atoms with Crippen LogP contribution < -0.4 is 10.6 Å². The molecule has 0 radical (unpaired) electrons. The molecule has 6 nitrogen and oxygen atoms in total. The summed E-state index contributed by atoms with van der Waals surface area (Å²) in [4.78, 5) is 25.1. The fourth-order valence-electron chi connectivity index (χ4n) is 4.88. The van der Waals surface area contributed by atoms with E-state index in [2.05, 4.69) is 35.8 Å². The Morgan fingerprint density at radius 2 is 1.68 bits per heavy atom. The number of carbonyl (C=O) groups excluding carboxylic acids is 2. The molecule has 1 aliphatic rings. The van der Waals surface area contributed by atoms with Gasteiger partial charge >= 0.3 is 12.0 Å². The van der Waals surface area contributed by atoms with Gasteiger partial charge in [-0.15, -0.1) is 0 Å². The number of hydrogen-bond acceptors (Lipinski definition) is 4. The lowest BCUT2D eigenvalue weighted by Crippen LogP contribution is -2.45. The third kappa shape index (κ3) is 10.7. The molecule has 1 heterocycles. The SMILES string of the molecule is CCCCCCCCC=CCCCC(Cc1ccccc1C1NC(=O)NC(C)=C1C(=O)OCC)OCC. The molecule has 0 saturated heterocycles. The Labute approximate surface area is 224 Å². The van der Waals surface area contributed by atoms with Gasteiger partial charge in [-0.05, 0) is 70.4 Å². The van der Waals surface area contributed by atoms with Gasteiger partial charge in [-0.1, -0.05) is 75.4 Å². The van der Waals surface area contributed by atoms with E-state index >= 15 is 0 Å². The van der Waals surface area contributed by atoms with Crippen LogP contribution in [0.2, 0.25) is 0 Å². The van der Waals surface area contributed by atoms with Crippen LogP contribution in [0.25, 0.3) is 0 Å². The Morgan fingerprint density at radius 3 is 2.41 bits per heavy atom. The van der Waals surface area contributed by atoms with Crippen molar-refractivity contribution < 1.29 is 19.1 Å². The summed E-state index contributed by atoms with van der Waals surface area (Å²) in [6, 6.07) is 7.10. The third-order valence-corrected chi connectivity index (χ3v) is 6.77. The van der Waals surface area contributed by atoms with E-state index in [-0.39, 0.29) is 18.7 Å². The first kappa shape index (κ1) is 30.6. The van der Waals surface area contributed by atoms with E-state index in [1.54, 1.807) is 13.8 Å². The lowest BCUT2D eigenvalue weighted by atomic mass is 9.89. The smallest absolute Gasteiger partial charge is 0.338 e. The first-order chi connectivity index (χ1) is 18.0. The Hall–Kier alpha value is -2.60. The first-order valence-corrected chi connectivity index (χ1v) is 14.3. The van der Waals surface area contributed by atoms with Crippen LogP contribution in [0, 0.1) is 0 Å². The van der Waals surface area contributed by atoms with E-state index < -0.39 is 12.0 Å². The molecule has 0 aliphatic carbocycles. The normalized spacial score (nSPS) is 16.5. The van der Waals surface area contributed by atoms with E-state index in [9.17, 15) is 9.59 Å². The van der Waals surface area contributed by atoms with Crippen molar-refractivity contribution in [3.8, 4) is 0 Å². The van der Waals surface area contributed by atoms with Crippen LogP contribution in [0.5, 0.6) is 0 Å².